The van der Waals surface area contributed by atoms with Crippen LogP contribution in [0.2, 0.25) is 10.0 Å². The van der Waals surface area contributed by atoms with Crippen LogP contribution < -0.4 is 10.1 Å². The Morgan fingerprint density at radius 3 is 2.76 bits per heavy atom. The van der Waals surface area contributed by atoms with E-state index in [4.69, 9.17) is 27.6 Å². The number of thiazole rings is 1. The summed E-state index contributed by atoms with van der Waals surface area (Å²) in [5.74, 6) is -0.00888. The highest BCUT2D eigenvalue weighted by Crippen LogP contribution is 2.22. The lowest BCUT2D eigenvalue weighted by molar-refractivity contribution is -0.124. The van der Waals surface area contributed by atoms with E-state index in [1.165, 1.54) is 23.5 Å². The number of rotatable bonds is 6. The molecule has 3 rings (SSSR count). The Morgan fingerprint density at radius 1 is 1.31 bits per heavy atom. The molecule has 1 atom stereocenters. The second-order valence-corrected chi connectivity index (χ2v) is 8.35. The quantitative estimate of drug-likeness (QED) is 0.586. The standard InChI is InChI=1S/C20H19Cl2N3O3S/c1-3-17(19(27)23-10-14-5-4-8-28-14)25-11-12(2)29-20(25)24-18(26)15-7-6-13(21)9-16(15)22/h4-9,11,17H,3,10H2,1-2H3,(H,23,27)/t17-/m0/s1. The first-order valence-corrected chi connectivity index (χ1v) is 10.5. The summed E-state index contributed by atoms with van der Waals surface area (Å²) in [4.78, 5) is 31.0. The van der Waals surface area contributed by atoms with E-state index in [2.05, 4.69) is 10.3 Å². The fraction of sp³-hybridized carbons (Fsp3) is 0.250. The largest absolute Gasteiger partial charge is 0.467 e. The topological polar surface area (TPSA) is 76.6 Å². The first-order chi connectivity index (χ1) is 13.9. The number of aryl methyl sites for hydroxylation is 1. The van der Waals surface area contributed by atoms with E-state index in [-0.39, 0.29) is 23.0 Å². The van der Waals surface area contributed by atoms with Gasteiger partial charge in [0, 0.05) is 16.1 Å². The molecule has 152 valence electrons. The Kier molecular flexibility index (Phi) is 6.95. The lowest BCUT2D eigenvalue weighted by Crippen LogP contribution is -2.35. The van der Waals surface area contributed by atoms with Crippen molar-refractivity contribution in [3.05, 3.63) is 73.8 Å². The second-order valence-electron chi connectivity index (χ2n) is 6.29. The van der Waals surface area contributed by atoms with E-state index in [0.717, 1.165) is 4.88 Å². The van der Waals surface area contributed by atoms with Crippen LogP contribution in [0.5, 0.6) is 0 Å². The van der Waals surface area contributed by atoms with Gasteiger partial charge in [0.1, 0.15) is 11.8 Å². The molecular weight excluding hydrogens is 433 g/mol. The zero-order valence-corrected chi connectivity index (χ0v) is 18.1. The third-order valence-electron chi connectivity index (χ3n) is 4.19. The van der Waals surface area contributed by atoms with Gasteiger partial charge in [-0.05, 0) is 43.7 Å². The maximum atomic E-state index is 12.7. The van der Waals surface area contributed by atoms with Crippen LogP contribution in [0.25, 0.3) is 0 Å². The smallest absolute Gasteiger partial charge is 0.281 e. The number of halogens is 2. The molecule has 0 bridgehead atoms. The van der Waals surface area contributed by atoms with Crippen LogP contribution in [0.1, 0.15) is 40.4 Å². The van der Waals surface area contributed by atoms with Crippen molar-refractivity contribution in [3.8, 4) is 0 Å². The van der Waals surface area contributed by atoms with Crippen LogP contribution in [0.15, 0.2) is 52.2 Å². The normalized spacial score (nSPS) is 12.8. The van der Waals surface area contributed by atoms with Crippen molar-refractivity contribution in [2.75, 3.05) is 0 Å². The number of benzene rings is 1. The minimum Gasteiger partial charge on any atom is -0.467 e. The lowest BCUT2D eigenvalue weighted by atomic mass is 10.2. The van der Waals surface area contributed by atoms with Gasteiger partial charge in [0.2, 0.25) is 5.91 Å². The summed E-state index contributed by atoms with van der Waals surface area (Å²) in [7, 11) is 0. The fourth-order valence-corrected chi connectivity index (χ4v) is 4.16. The van der Waals surface area contributed by atoms with Gasteiger partial charge in [-0.15, -0.1) is 11.3 Å². The van der Waals surface area contributed by atoms with E-state index in [1.54, 1.807) is 29.0 Å². The Balaban J connectivity index is 1.88. The molecule has 2 heterocycles. The van der Waals surface area contributed by atoms with Gasteiger partial charge in [0.05, 0.1) is 23.4 Å². The van der Waals surface area contributed by atoms with Gasteiger partial charge < -0.3 is 14.3 Å². The zero-order chi connectivity index (χ0) is 21.0. The number of carbonyl (C=O) groups is 2. The van der Waals surface area contributed by atoms with Crippen LogP contribution in [0.4, 0.5) is 0 Å². The minimum absolute atomic E-state index is 0.180. The van der Waals surface area contributed by atoms with Crippen LogP contribution >= 0.6 is 34.5 Å². The Bertz CT molecular complexity index is 1090. The molecule has 0 saturated heterocycles. The third-order valence-corrected chi connectivity index (χ3v) is 5.65. The lowest BCUT2D eigenvalue weighted by Gasteiger charge is -2.16. The Morgan fingerprint density at radius 2 is 2.10 bits per heavy atom. The number of hydrogen-bond donors (Lipinski definition) is 1. The summed E-state index contributed by atoms with van der Waals surface area (Å²) in [6, 6.07) is 7.66. The summed E-state index contributed by atoms with van der Waals surface area (Å²) in [5, 5.41) is 3.53. The third kappa shape index (κ3) is 5.18. The van der Waals surface area contributed by atoms with Crippen molar-refractivity contribution in [2.45, 2.75) is 32.9 Å². The number of amides is 2. The molecule has 0 fully saturated rings. The van der Waals surface area contributed by atoms with Crippen LogP contribution in [-0.4, -0.2) is 16.4 Å². The molecule has 0 radical (unpaired) electrons. The molecule has 2 aromatic heterocycles. The zero-order valence-electron chi connectivity index (χ0n) is 15.8. The number of carbonyl (C=O) groups excluding carboxylic acids is 2. The monoisotopic (exact) mass is 451 g/mol. The molecule has 0 aliphatic rings. The summed E-state index contributed by atoms with van der Waals surface area (Å²) in [6.07, 6.45) is 3.91. The first kappa shape index (κ1) is 21.4. The van der Waals surface area contributed by atoms with E-state index < -0.39 is 11.9 Å². The summed E-state index contributed by atoms with van der Waals surface area (Å²) in [5.41, 5.74) is 0.254. The van der Waals surface area contributed by atoms with Gasteiger partial charge >= 0.3 is 0 Å². The van der Waals surface area contributed by atoms with Crippen LogP contribution in [0.3, 0.4) is 0 Å². The maximum absolute atomic E-state index is 12.7. The number of nitrogens with zero attached hydrogens (tertiary/aromatic N) is 2. The fourth-order valence-electron chi connectivity index (χ4n) is 2.80. The SMILES string of the molecule is CC[C@@H](C(=O)NCc1ccco1)n1cc(C)sc1=NC(=O)c1ccc(Cl)cc1Cl. The molecule has 3 aromatic rings. The predicted molar refractivity (Wildman–Crippen MR) is 113 cm³/mol. The summed E-state index contributed by atoms with van der Waals surface area (Å²) in [6.45, 7) is 4.09. The molecule has 0 saturated carbocycles. The molecule has 1 aromatic carbocycles. The van der Waals surface area contributed by atoms with Gasteiger partial charge in [-0.25, -0.2) is 0 Å². The van der Waals surface area contributed by atoms with Gasteiger partial charge in [-0.3, -0.25) is 9.59 Å². The van der Waals surface area contributed by atoms with Crippen molar-refractivity contribution in [1.29, 1.82) is 0 Å². The van der Waals surface area contributed by atoms with Gasteiger partial charge in [0.15, 0.2) is 4.80 Å². The summed E-state index contributed by atoms with van der Waals surface area (Å²) < 4.78 is 6.97. The molecule has 0 aliphatic heterocycles. The Labute approximate surface area is 181 Å². The second kappa shape index (κ2) is 9.43. The van der Waals surface area contributed by atoms with Gasteiger partial charge in [0.25, 0.3) is 5.91 Å². The van der Waals surface area contributed by atoms with E-state index in [9.17, 15) is 9.59 Å². The number of aromatic nitrogens is 1. The highest BCUT2D eigenvalue weighted by atomic mass is 35.5. The van der Waals surface area contributed by atoms with Crippen LogP contribution in [-0.2, 0) is 11.3 Å². The minimum atomic E-state index is -0.512. The molecule has 2 amide bonds. The molecule has 29 heavy (non-hydrogen) atoms. The van der Waals surface area contributed by atoms with Crippen molar-refractivity contribution in [1.82, 2.24) is 9.88 Å². The number of furan rings is 1. The average Bonchev–Trinajstić information content (AvgIpc) is 3.30. The molecule has 9 heteroatoms. The van der Waals surface area contributed by atoms with Crippen molar-refractivity contribution in [3.63, 3.8) is 0 Å². The molecular formula is C20H19Cl2N3O3S. The van der Waals surface area contributed by atoms with E-state index in [1.807, 2.05) is 20.0 Å². The van der Waals surface area contributed by atoms with Crippen molar-refractivity contribution < 1.29 is 14.0 Å². The first-order valence-electron chi connectivity index (χ1n) is 8.91. The van der Waals surface area contributed by atoms with Gasteiger partial charge in [-0.1, -0.05) is 30.1 Å². The highest BCUT2D eigenvalue weighted by Gasteiger charge is 2.21. The number of hydrogen-bond acceptors (Lipinski definition) is 4. The molecule has 0 unspecified atom stereocenters. The van der Waals surface area contributed by atoms with E-state index >= 15 is 0 Å². The Hall–Kier alpha value is -2.35. The van der Waals surface area contributed by atoms with Crippen LogP contribution in [0, 0.1) is 6.92 Å². The van der Waals surface area contributed by atoms with E-state index in [0.29, 0.717) is 22.0 Å². The predicted octanol–water partition coefficient (Wildman–Crippen LogP) is 4.77. The number of nitrogens with one attached hydrogen (secondary N) is 1. The van der Waals surface area contributed by atoms with Gasteiger partial charge in [-0.2, -0.15) is 4.99 Å². The van der Waals surface area contributed by atoms with Crippen molar-refractivity contribution in [2.24, 2.45) is 4.99 Å². The average molecular weight is 452 g/mol. The van der Waals surface area contributed by atoms with Crippen molar-refractivity contribution >= 4 is 46.4 Å². The summed E-state index contributed by atoms with van der Waals surface area (Å²) >= 11 is 13.3. The highest BCUT2D eigenvalue weighted by molar-refractivity contribution is 7.09. The molecule has 1 N–H and O–H groups in total. The maximum Gasteiger partial charge on any atom is 0.281 e. The molecule has 0 aliphatic carbocycles. The molecule has 0 spiro atoms. The molecule has 6 nitrogen and oxygen atoms in total.